The van der Waals surface area contributed by atoms with Crippen molar-refractivity contribution in [1.29, 1.82) is 0 Å². The summed E-state index contributed by atoms with van der Waals surface area (Å²) in [4.78, 5) is 10.8. The van der Waals surface area contributed by atoms with Gasteiger partial charge in [-0.25, -0.2) is 0 Å². The normalized spacial score (nSPS) is 12.2. The third kappa shape index (κ3) is 4.16. The maximum atomic E-state index is 10.8. The van der Waals surface area contributed by atoms with Crippen LogP contribution in [0, 0.1) is 0 Å². The first-order valence-corrected chi connectivity index (χ1v) is 7.30. The van der Waals surface area contributed by atoms with Crippen molar-refractivity contribution < 1.29 is 15.0 Å². The molecule has 0 bridgehead atoms. The smallest absolute Gasteiger partial charge is 0.307 e. The molecule has 0 amide bonds. The van der Waals surface area contributed by atoms with Crippen LogP contribution in [0.1, 0.15) is 22.8 Å². The number of carboxylic acids is 1. The number of rotatable bonds is 7. The van der Waals surface area contributed by atoms with E-state index in [0.29, 0.717) is 13.1 Å². The fourth-order valence-electron chi connectivity index (χ4n) is 1.99. The number of hydrogen-bond donors (Lipinski definition) is 3. The van der Waals surface area contributed by atoms with Crippen molar-refractivity contribution in [3.8, 4) is 0 Å². The lowest BCUT2D eigenvalue weighted by molar-refractivity contribution is -0.136. The van der Waals surface area contributed by atoms with Crippen molar-refractivity contribution in [2.75, 3.05) is 6.54 Å². The standard InChI is InChI=1S/C15H17NO3S/c17-14(13-5-6-20-10-13)9-16-8-12-4-2-1-3-11(12)7-15(18)19/h1-6,10,14,16-17H,7-9H2,(H,18,19). The Balaban J connectivity index is 1.89. The molecule has 1 aromatic heterocycles. The molecule has 0 aliphatic carbocycles. The predicted molar refractivity (Wildman–Crippen MR) is 78.8 cm³/mol. The molecule has 3 N–H and O–H groups in total. The Morgan fingerprint density at radius 3 is 2.65 bits per heavy atom. The minimum atomic E-state index is -0.837. The summed E-state index contributed by atoms with van der Waals surface area (Å²) in [6.07, 6.45) is -0.516. The van der Waals surface area contributed by atoms with Crippen molar-refractivity contribution in [1.82, 2.24) is 5.32 Å². The third-order valence-electron chi connectivity index (χ3n) is 3.04. The number of benzene rings is 1. The van der Waals surface area contributed by atoms with Crippen LogP contribution < -0.4 is 5.32 Å². The van der Waals surface area contributed by atoms with Gasteiger partial charge in [0, 0.05) is 13.1 Å². The molecular formula is C15H17NO3S. The molecule has 20 heavy (non-hydrogen) atoms. The van der Waals surface area contributed by atoms with Crippen LogP contribution in [-0.2, 0) is 17.8 Å². The Hall–Kier alpha value is -1.69. The van der Waals surface area contributed by atoms with Gasteiger partial charge in [-0.05, 0) is 33.5 Å². The summed E-state index contributed by atoms with van der Waals surface area (Å²) in [5, 5.41) is 25.8. The average Bonchev–Trinajstić information content (AvgIpc) is 2.94. The van der Waals surface area contributed by atoms with Crippen LogP contribution in [0.15, 0.2) is 41.1 Å². The van der Waals surface area contributed by atoms with Gasteiger partial charge in [-0.15, -0.1) is 0 Å². The van der Waals surface area contributed by atoms with E-state index in [0.717, 1.165) is 16.7 Å². The molecule has 4 nitrogen and oxygen atoms in total. The van der Waals surface area contributed by atoms with Gasteiger partial charge in [0.15, 0.2) is 0 Å². The minimum Gasteiger partial charge on any atom is -0.481 e. The molecule has 106 valence electrons. The van der Waals surface area contributed by atoms with E-state index >= 15 is 0 Å². The third-order valence-corrected chi connectivity index (χ3v) is 3.74. The molecule has 0 aliphatic heterocycles. The number of aliphatic hydroxyl groups is 1. The Morgan fingerprint density at radius 2 is 2.00 bits per heavy atom. The Kier molecular flexibility index (Phi) is 5.29. The second-order valence-corrected chi connectivity index (χ2v) is 5.32. The first kappa shape index (κ1) is 14.7. The van der Waals surface area contributed by atoms with Crippen LogP contribution in [0.4, 0.5) is 0 Å². The molecule has 2 aromatic rings. The summed E-state index contributed by atoms with van der Waals surface area (Å²) in [5.74, 6) is -0.837. The number of thiophene rings is 1. The summed E-state index contributed by atoms with van der Waals surface area (Å²) in [7, 11) is 0. The van der Waals surface area contributed by atoms with Crippen LogP contribution in [0.5, 0.6) is 0 Å². The zero-order valence-corrected chi connectivity index (χ0v) is 11.8. The molecule has 0 fully saturated rings. The van der Waals surface area contributed by atoms with Crippen molar-refractivity contribution in [3.05, 3.63) is 57.8 Å². The zero-order chi connectivity index (χ0) is 14.4. The van der Waals surface area contributed by atoms with Gasteiger partial charge in [0.05, 0.1) is 12.5 Å². The highest BCUT2D eigenvalue weighted by Gasteiger charge is 2.09. The van der Waals surface area contributed by atoms with Gasteiger partial charge in [0.1, 0.15) is 0 Å². The van der Waals surface area contributed by atoms with Crippen LogP contribution >= 0.6 is 11.3 Å². The van der Waals surface area contributed by atoms with Gasteiger partial charge in [-0.3, -0.25) is 4.79 Å². The van der Waals surface area contributed by atoms with E-state index in [2.05, 4.69) is 5.32 Å². The van der Waals surface area contributed by atoms with Gasteiger partial charge >= 0.3 is 5.97 Å². The Bertz CT molecular complexity index is 554. The summed E-state index contributed by atoms with van der Waals surface area (Å²) >= 11 is 1.55. The molecule has 0 saturated carbocycles. The maximum Gasteiger partial charge on any atom is 0.307 e. The summed E-state index contributed by atoms with van der Waals surface area (Å²) in [5.41, 5.74) is 2.66. The first-order valence-electron chi connectivity index (χ1n) is 6.36. The second-order valence-electron chi connectivity index (χ2n) is 4.54. The highest BCUT2D eigenvalue weighted by atomic mass is 32.1. The number of carboxylic acid groups (broad SMARTS) is 1. The van der Waals surface area contributed by atoms with Crippen molar-refractivity contribution in [2.24, 2.45) is 0 Å². The average molecular weight is 291 g/mol. The lowest BCUT2D eigenvalue weighted by Crippen LogP contribution is -2.21. The quantitative estimate of drug-likeness (QED) is 0.731. The Labute approximate surface area is 121 Å². The molecule has 0 spiro atoms. The highest BCUT2D eigenvalue weighted by Crippen LogP contribution is 2.15. The molecule has 0 aliphatic rings. The van der Waals surface area contributed by atoms with Crippen molar-refractivity contribution >= 4 is 17.3 Å². The largest absolute Gasteiger partial charge is 0.481 e. The van der Waals surface area contributed by atoms with Gasteiger partial charge in [0.2, 0.25) is 0 Å². The lowest BCUT2D eigenvalue weighted by Gasteiger charge is -2.12. The molecule has 1 aromatic carbocycles. The van der Waals surface area contributed by atoms with E-state index in [9.17, 15) is 9.90 Å². The number of carbonyl (C=O) groups is 1. The van der Waals surface area contributed by atoms with Gasteiger partial charge < -0.3 is 15.5 Å². The Morgan fingerprint density at radius 1 is 1.25 bits per heavy atom. The molecule has 1 atom stereocenters. The second kappa shape index (κ2) is 7.19. The molecule has 0 saturated heterocycles. The topological polar surface area (TPSA) is 69.6 Å². The number of aliphatic carboxylic acids is 1. The fourth-order valence-corrected chi connectivity index (χ4v) is 2.70. The summed E-state index contributed by atoms with van der Waals surface area (Å²) in [6, 6.07) is 9.34. The summed E-state index contributed by atoms with van der Waals surface area (Å²) < 4.78 is 0. The van der Waals surface area contributed by atoms with E-state index in [1.54, 1.807) is 11.3 Å². The SMILES string of the molecule is O=C(O)Cc1ccccc1CNCC(O)c1ccsc1. The van der Waals surface area contributed by atoms with Gasteiger partial charge in [0.25, 0.3) is 0 Å². The van der Waals surface area contributed by atoms with Crippen LogP contribution in [0.3, 0.4) is 0 Å². The van der Waals surface area contributed by atoms with Gasteiger partial charge in [-0.2, -0.15) is 11.3 Å². The highest BCUT2D eigenvalue weighted by molar-refractivity contribution is 7.07. The van der Waals surface area contributed by atoms with E-state index in [4.69, 9.17) is 5.11 Å². The molecular weight excluding hydrogens is 274 g/mol. The lowest BCUT2D eigenvalue weighted by atomic mass is 10.0. The minimum absolute atomic E-state index is 0.0188. The van der Waals surface area contributed by atoms with E-state index < -0.39 is 12.1 Å². The number of hydrogen-bond acceptors (Lipinski definition) is 4. The maximum absolute atomic E-state index is 10.8. The number of nitrogens with one attached hydrogen (secondary N) is 1. The molecule has 2 rings (SSSR count). The van der Waals surface area contributed by atoms with Gasteiger partial charge in [-0.1, -0.05) is 24.3 Å². The van der Waals surface area contributed by atoms with Crippen LogP contribution in [-0.4, -0.2) is 22.7 Å². The van der Waals surface area contributed by atoms with Crippen LogP contribution in [0.2, 0.25) is 0 Å². The van der Waals surface area contributed by atoms with Crippen molar-refractivity contribution in [2.45, 2.75) is 19.1 Å². The molecule has 1 heterocycles. The first-order chi connectivity index (χ1) is 9.66. The molecule has 5 heteroatoms. The summed E-state index contributed by atoms with van der Waals surface area (Å²) in [6.45, 7) is 0.989. The van der Waals surface area contributed by atoms with Crippen LogP contribution in [0.25, 0.3) is 0 Å². The zero-order valence-electron chi connectivity index (χ0n) is 11.0. The van der Waals surface area contributed by atoms with Crippen molar-refractivity contribution in [3.63, 3.8) is 0 Å². The predicted octanol–water partition coefficient (Wildman–Crippen LogP) is 2.20. The molecule has 1 unspecified atom stereocenters. The fraction of sp³-hybridized carbons (Fsp3) is 0.267. The van der Waals surface area contributed by atoms with E-state index in [1.807, 2.05) is 41.1 Å². The number of aliphatic hydroxyl groups excluding tert-OH is 1. The van der Waals surface area contributed by atoms with E-state index in [1.165, 1.54) is 0 Å². The monoisotopic (exact) mass is 291 g/mol. The molecule has 0 radical (unpaired) electrons. The van der Waals surface area contributed by atoms with E-state index in [-0.39, 0.29) is 6.42 Å².